The summed E-state index contributed by atoms with van der Waals surface area (Å²) in [5.41, 5.74) is 0.0789. The average molecular weight is 573 g/mol. The van der Waals surface area contributed by atoms with E-state index in [1.54, 1.807) is 0 Å². The molecule has 0 bridgehead atoms. The van der Waals surface area contributed by atoms with Gasteiger partial charge in [-0.05, 0) is 37.1 Å². The second-order valence-corrected chi connectivity index (χ2v) is 11.5. The molecule has 1 atom stereocenters. The molecular weight excluding hydrogens is 554 g/mol. The van der Waals surface area contributed by atoms with Crippen molar-refractivity contribution in [3.8, 4) is 11.6 Å². The Morgan fingerprint density at radius 2 is 1.89 bits per heavy atom. The minimum Gasteiger partial charge on any atom is -0.473 e. The molecule has 14 heteroatoms. The molecule has 3 aromatic rings. The van der Waals surface area contributed by atoms with Crippen LogP contribution in [0.15, 0.2) is 46.7 Å². The van der Waals surface area contributed by atoms with Gasteiger partial charge in [-0.25, -0.2) is 22.0 Å². The zero-order chi connectivity index (χ0) is 26.7. The number of amides is 1. The third-order valence-electron chi connectivity index (χ3n) is 5.59. The van der Waals surface area contributed by atoms with E-state index in [1.807, 2.05) is 0 Å². The number of carbonyl (C=O) groups excluding carboxylic acids is 1. The summed E-state index contributed by atoms with van der Waals surface area (Å²) in [4.78, 5) is 27.5. The van der Waals surface area contributed by atoms with Crippen LogP contribution in [0.25, 0.3) is 0 Å². The van der Waals surface area contributed by atoms with E-state index in [1.165, 1.54) is 23.6 Å². The Morgan fingerprint density at radius 1 is 1.16 bits per heavy atom. The molecule has 0 radical (unpaired) electrons. The maximum Gasteiger partial charge on any atom is 0.512 e. The lowest BCUT2D eigenvalue weighted by Gasteiger charge is -2.20. The third kappa shape index (κ3) is 6.17. The molecule has 2 aromatic carbocycles. The van der Waals surface area contributed by atoms with E-state index in [0.717, 1.165) is 36.3 Å². The maximum atomic E-state index is 14.3. The minimum absolute atomic E-state index is 0.0547. The Morgan fingerprint density at radius 3 is 2.54 bits per heavy atom. The SMILES string of the molecule is O=C(O)Oc1csc(NC(=O)C(Oc2ccc(F)cc2F)c2ccc(S(=O)(=O)C3CCCC3)c(Cl)c2)n1. The molecule has 1 fully saturated rings. The molecule has 196 valence electrons. The number of sulfone groups is 1. The fraction of sp³-hybridized carbons (Fsp3) is 0.261. The number of rotatable bonds is 8. The second kappa shape index (κ2) is 11.0. The monoisotopic (exact) mass is 572 g/mol. The van der Waals surface area contributed by atoms with Gasteiger partial charge in [-0.1, -0.05) is 30.5 Å². The van der Waals surface area contributed by atoms with Crippen molar-refractivity contribution in [2.45, 2.75) is 41.9 Å². The van der Waals surface area contributed by atoms with Crippen molar-refractivity contribution < 1.29 is 41.4 Å². The number of nitrogens with one attached hydrogen (secondary N) is 1. The van der Waals surface area contributed by atoms with Crippen molar-refractivity contribution in [1.29, 1.82) is 0 Å². The molecule has 1 aliphatic rings. The van der Waals surface area contributed by atoms with Crippen LogP contribution in [0.1, 0.15) is 37.4 Å². The molecule has 1 heterocycles. The summed E-state index contributed by atoms with van der Waals surface area (Å²) in [6.07, 6.45) is -0.518. The maximum absolute atomic E-state index is 14.3. The number of anilines is 1. The standard InChI is InChI=1S/C23H19ClF2N2O7S2/c24-15-9-12(5-8-18(15)37(32,33)14-3-1-2-4-14)20(34-17-7-6-13(25)10-16(17)26)21(29)28-22-27-19(11-36-22)35-23(30)31/h5-11,14,20H,1-4H2,(H,30,31)(H,27,28,29). The number of carboxylic acid groups (broad SMARTS) is 1. The van der Waals surface area contributed by atoms with Crippen molar-refractivity contribution in [2.75, 3.05) is 5.32 Å². The molecule has 1 saturated carbocycles. The van der Waals surface area contributed by atoms with E-state index in [4.69, 9.17) is 21.4 Å². The first kappa shape index (κ1) is 26.8. The van der Waals surface area contributed by atoms with Crippen LogP contribution in [0.2, 0.25) is 5.02 Å². The molecule has 4 rings (SSSR count). The van der Waals surface area contributed by atoms with Gasteiger partial charge in [0.05, 0.1) is 20.5 Å². The average Bonchev–Trinajstić information content (AvgIpc) is 3.51. The zero-order valence-electron chi connectivity index (χ0n) is 18.8. The first-order valence-electron chi connectivity index (χ1n) is 10.9. The lowest BCUT2D eigenvalue weighted by Crippen LogP contribution is -2.26. The van der Waals surface area contributed by atoms with Crippen LogP contribution in [-0.4, -0.2) is 35.8 Å². The normalized spacial score (nSPS) is 14.8. The van der Waals surface area contributed by atoms with Crippen molar-refractivity contribution >= 4 is 50.0 Å². The van der Waals surface area contributed by atoms with E-state index in [-0.39, 0.29) is 26.5 Å². The molecule has 9 nitrogen and oxygen atoms in total. The Balaban J connectivity index is 1.66. The summed E-state index contributed by atoms with van der Waals surface area (Å²) < 4.78 is 63.7. The highest BCUT2D eigenvalue weighted by Crippen LogP contribution is 2.35. The van der Waals surface area contributed by atoms with Crippen LogP contribution in [-0.2, 0) is 14.6 Å². The number of thiazole rings is 1. The van der Waals surface area contributed by atoms with Gasteiger partial charge >= 0.3 is 6.16 Å². The van der Waals surface area contributed by atoms with Gasteiger partial charge in [0.25, 0.3) is 5.91 Å². The number of aromatic nitrogens is 1. The molecule has 0 saturated heterocycles. The van der Waals surface area contributed by atoms with Gasteiger partial charge in [-0.3, -0.25) is 10.1 Å². The van der Waals surface area contributed by atoms with E-state index in [2.05, 4.69) is 15.0 Å². The molecule has 1 aliphatic carbocycles. The zero-order valence-corrected chi connectivity index (χ0v) is 21.2. The fourth-order valence-electron chi connectivity index (χ4n) is 3.88. The third-order valence-corrected chi connectivity index (χ3v) is 9.07. The smallest absolute Gasteiger partial charge is 0.473 e. The van der Waals surface area contributed by atoms with Gasteiger partial charge < -0.3 is 14.6 Å². The molecule has 37 heavy (non-hydrogen) atoms. The highest BCUT2D eigenvalue weighted by atomic mass is 35.5. The topological polar surface area (TPSA) is 132 Å². The highest BCUT2D eigenvalue weighted by Gasteiger charge is 2.33. The number of hydrogen-bond acceptors (Lipinski definition) is 8. The molecule has 1 amide bonds. The summed E-state index contributed by atoms with van der Waals surface area (Å²) in [5.74, 6) is -3.53. The fourth-order valence-corrected chi connectivity index (χ4v) is 6.91. The molecule has 2 N–H and O–H groups in total. The molecular formula is C23H19ClF2N2O7S2. The van der Waals surface area contributed by atoms with Crippen LogP contribution < -0.4 is 14.8 Å². The molecule has 0 spiro atoms. The minimum atomic E-state index is -3.70. The van der Waals surface area contributed by atoms with Crippen molar-refractivity contribution in [2.24, 2.45) is 0 Å². The number of carbonyl (C=O) groups is 2. The Bertz CT molecular complexity index is 1440. The van der Waals surface area contributed by atoms with E-state index in [0.29, 0.717) is 18.9 Å². The van der Waals surface area contributed by atoms with Crippen LogP contribution in [0.3, 0.4) is 0 Å². The lowest BCUT2D eigenvalue weighted by atomic mass is 10.1. The van der Waals surface area contributed by atoms with Crippen LogP contribution in [0.4, 0.5) is 18.7 Å². The number of hydrogen-bond donors (Lipinski definition) is 2. The first-order valence-corrected chi connectivity index (χ1v) is 13.7. The number of benzene rings is 2. The van der Waals surface area contributed by atoms with Crippen LogP contribution in [0, 0.1) is 11.6 Å². The van der Waals surface area contributed by atoms with Crippen molar-refractivity contribution in [3.63, 3.8) is 0 Å². The largest absolute Gasteiger partial charge is 0.512 e. The van der Waals surface area contributed by atoms with E-state index >= 15 is 0 Å². The number of nitrogens with zero attached hydrogens (tertiary/aromatic N) is 1. The Kier molecular flexibility index (Phi) is 7.95. The van der Waals surface area contributed by atoms with Crippen LogP contribution >= 0.6 is 22.9 Å². The van der Waals surface area contributed by atoms with E-state index < -0.39 is 50.6 Å². The van der Waals surface area contributed by atoms with Gasteiger partial charge in [0.2, 0.25) is 12.0 Å². The summed E-state index contributed by atoms with van der Waals surface area (Å²) in [6.45, 7) is 0. The summed E-state index contributed by atoms with van der Waals surface area (Å²) >= 11 is 7.19. The van der Waals surface area contributed by atoms with Gasteiger partial charge in [0.15, 0.2) is 26.5 Å². The first-order chi connectivity index (χ1) is 17.5. The van der Waals surface area contributed by atoms with E-state index in [9.17, 15) is 26.8 Å². The predicted molar refractivity (Wildman–Crippen MR) is 130 cm³/mol. The number of halogens is 3. The quantitative estimate of drug-likeness (QED) is 0.333. The summed E-state index contributed by atoms with van der Waals surface area (Å²) in [6, 6.07) is 6.32. The number of ether oxygens (including phenoxy) is 2. The van der Waals surface area contributed by atoms with Gasteiger partial charge in [-0.15, -0.1) is 11.3 Å². The van der Waals surface area contributed by atoms with Gasteiger partial charge in [0, 0.05) is 11.6 Å². The second-order valence-electron chi connectivity index (χ2n) is 8.06. The van der Waals surface area contributed by atoms with Crippen LogP contribution in [0.5, 0.6) is 11.6 Å². The lowest BCUT2D eigenvalue weighted by molar-refractivity contribution is -0.123. The van der Waals surface area contributed by atoms with Crippen molar-refractivity contribution in [3.05, 3.63) is 64.0 Å². The van der Waals surface area contributed by atoms with Gasteiger partial charge in [0.1, 0.15) is 5.82 Å². The molecule has 0 aliphatic heterocycles. The van der Waals surface area contributed by atoms with Gasteiger partial charge in [-0.2, -0.15) is 4.98 Å². The predicted octanol–water partition coefficient (Wildman–Crippen LogP) is 5.61. The van der Waals surface area contributed by atoms with Crippen molar-refractivity contribution in [1.82, 2.24) is 4.98 Å². The summed E-state index contributed by atoms with van der Waals surface area (Å²) in [5, 5.41) is 11.6. The highest BCUT2D eigenvalue weighted by molar-refractivity contribution is 7.92. The molecule has 1 aromatic heterocycles. The molecule has 1 unspecified atom stereocenters. The Labute approximate surface area is 218 Å². The summed E-state index contributed by atoms with van der Waals surface area (Å²) in [7, 11) is -3.70. The Hall–Kier alpha value is -3.29.